The van der Waals surface area contributed by atoms with E-state index in [2.05, 4.69) is 16.7 Å². The Morgan fingerprint density at radius 3 is 2.81 bits per heavy atom. The van der Waals surface area contributed by atoms with Crippen LogP contribution in [0.3, 0.4) is 0 Å². The quantitative estimate of drug-likeness (QED) is 0.764. The highest BCUT2D eigenvalue weighted by Crippen LogP contribution is 2.30. The molecule has 2 aromatic rings. The lowest BCUT2D eigenvalue weighted by atomic mass is 9.99. The van der Waals surface area contributed by atoms with Crippen molar-refractivity contribution in [3.8, 4) is 0 Å². The lowest BCUT2D eigenvalue weighted by molar-refractivity contribution is -0.898. The van der Waals surface area contributed by atoms with E-state index in [1.165, 1.54) is 9.60 Å². The van der Waals surface area contributed by atoms with Crippen LogP contribution in [0.15, 0.2) is 24.3 Å². The zero-order valence-electron chi connectivity index (χ0n) is 15.6. The third kappa shape index (κ3) is 5.02. The summed E-state index contributed by atoms with van der Waals surface area (Å²) in [7, 11) is 0. The first kappa shape index (κ1) is 18.8. The molecule has 2 atom stereocenters. The van der Waals surface area contributed by atoms with Crippen LogP contribution in [0.2, 0.25) is 0 Å². The molecule has 7 heteroatoms. The summed E-state index contributed by atoms with van der Waals surface area (Å²) in [5.41, 5.74) is 0.691. The van der Waals surface area contributed by atoms with Gasteiger partial charge >= 0.3 is 6.03 Å². The Hall–Kier alpha value is -1.99. The van der Waals surface area contributed by atoms with Crippen LogP contribution >= 0.6 is 11.3 Å². The Bertz CT molecular complexity index is 763. The Balaban J connectivity index is 1.56. The maximum atomic E-state index is 12.2. The standard InChI is InChI=1S/C19H26N4O2S/c1-19(2,3)22-18(25)21-16(24)12-23-10-6-7-13(11-23)17-20-14-8-4-5-9-15(14)26-17/h4-5,8-9,13H,6-7,10-12H2,1-3H3,(H2,21,22,24,25)/p+1/t13-/m1/s1. The molecule has 1 aromatic heterocycles. The Kier molecular flexibility index (Phi) is 5.58. The zero-order valence-corrected chi connectivity index (χ0v) is 16.4. The van der Waals surface area contributed by atoms with Gasteiger partial charge in [0.05, 0.1) is 29.2 Å². The molecule has 1 unspecified atom stereocenters. The van der Waals surface area contributed by atoms with Gasteiger partial charge in [0.2, 0.25) is 0 Å². The summed E-state index contributed by atoms with van der Waals surface area (Å²) < 4.78 is 1.21. The second-order valence-corrected chi connectivity index (χ2v) is 9.05. The minimum absolute atomic E-state index is 0.230. The molecule has 0 bridgehead atoms. The van der Waals surface area contributed by atoms with Gasteiger partial charge in [-0.3, -0.25) is 10.1 Å². The van der Waals surface area contributed by atoms with E-state index in [1.54, 1.807) is 11.3 Å². The molecule has 0 radical (unpaired) electrons. The maximum absolute atomic E-state index is 12.2. The number of hydrogen-bond donors (Lipinski definition) is 3. The average Bonchev–Trinajstić information content (AvgIpc) is 2.97. The summed E-state index contributed by atoms with van der Waals surface area (Å²) in [4.78, 5) is 30.0. The topological polar surface area (TPSA) is 75.5 Å². The van der Waals surface area contributed by atoms with E-state index >= 15 is 0 Å². The molecular weight excluding hydrogens is 348 g/mol. The van der Waals surface area contributed by atoms with Crippen molar-refractivity contribution in [2.75, 3.05) is 19.6 Å². The number of aromatic nitrogens is 1. The van der Waals surface area contributed by atoms with Crippen molar-refractivity contribution in [2.45, 2.75) is 45.1 Å². The van der Waals surface area contributed by atoms with Gasteiger partial charge in [-0.25, -0.2) is 9.78 Å². The summed E-state index contributed by atoms with van der Waals surface area (Å²) in [6, 6.07) is 7.77. The average molecular weight is 376 g/mol. The molecule has 1 fully saturated rings. The highest BCUT2D eigenvalue weighted by Gasteiger charge is 2.28. The van der Waals surface area contributed by atoms with Crippen LogP contribution in [0.4, 0.5) is 4.79 Å². The monoisotopic (exact) mass is 375 g/mol. The number of nitrogens with zero attached hydrogens (tertiary/aromatic N) is 1. The van der Waals surface area contributed by atoms with Gasteiger partial charge in [0.1, 0.15) is 5.01 Å². The predicted molar refractivity (Wildman–Crippen MR) is 104 cm³/mol. The number of fused-ring (bicyclic) bond motifs is 1. The van der Waals surface area contributed by atoms with Gasteiger partial charge in [-0.2, -0.15) is 0 Å². The number of quaternary nitrogens is 1. The van der Waals surface area contributed by atoms with Crippen LogP contribution in [-0.2, 0) is 4.79 Å². The van der Waals surface area contributed by atoms with E-state index in [1.807, 2.05) is 39.0 Å². The summed E-state index contributed by atoms with van der Waals surface area (Å²) >= 11 is 1.75. The molecule has 3 N–H and O–H groups in total. The van der Waals surface area contributed by atoms with Crippen LogP contribution in [0, 0.1) is 0 Å². The summed E-state index contributed by atoms with van der Waals surface area (Å²) in [6.07, 6.45) is 2.17. The number of imide groups is 1. The highest BCUT2D eigenvalue weighted by molar-refractivity contribution is 7.18. The van der Waals surface area contributed by atoms with Gasteiger partial charge in [0.25, 0.3) is 5.91 Å². The van der Waals surface area contributed by atoms with Crippen molar-refractivity contribution in [1.29, 1.82) is 0 Å². The molecule has 3 amide bonds. The number of urea groups is 1. The Morgan fingerprint density at radius 2 is 2.08 bits per heavy atom. The number of carbonyl (C=O) groups excluding carboxylic acids is 2. The molecule has 0 saturated carbocycles. The number of piperidine rings is 1. The van der Waals surface area contributed by atoms with Gasteiger partial charge in [0.15, 0.2) is 6.54 Å². The highest BCUT2D eigenvalue weighted by atomic mass is 32.1. The number of hydrogen-bond acceptors (Lipinski definition) is 4. The molecule has 1 aliphatic rings. The first-order valence-electron chi connectivity index (χ1n) is 9.11. The van der Waals surface area contributed by atoms with Gasteiger partial charge in [-0.15, -0.1) is 11.3 Å². The molecule has 2 heterocycles. The van der Waals surface area contributed by atoms with Gasteiger partial charge < -0.3 is 10.2 Å². The van der Waals surface area contributed by atoms with Gasteiger partial charge in [-0.1, -0.05) is 12.1 Å². The molecule has 0 aliphatic carbocycles. The number of nitrogens with one attached hydrogen (secondary N) is 3. The number of benzene rings is 1. The first-order valence-corrected chi connectivity index (χ1v) is 9.93. The molecular formula is C19H27N4O2S+. The van der Waals surface area contributed by atoms with Crippen molar-refractivity contribution >= 4 is 33.5 Å². The van der Waals surface area contributed by atoms with E-state index in [4.69, 9.17) is 4.98 Å². The zero-order chi connectivity index (χ0) is 18.7. The number of para-hydroxylation sites is 1. The maximum Gasteiger partial charge on any atom is 0.322 e. The molecule has 1 aromatic carbocycles. The van der Waals surface area contributed by atoms with E-state index in [0.717, 1.165) is 36.5 Å². The SMILES string of the molecule is CC(C)(C)NC(=O)NC(=O)C[NH+]1CCC[C@@H](c2nc3ccccc3s2)C1. The fourth-order valence-corrected chi connectivity index (χ4v) is 4.46. The van der Waals surface area contributed by atoms with E-state index in [9.17, 15) is 9.59 Å². The molecule has 26 heavy (non-hydrogen) atoms. The second kappa shape index (κ2) is 7.72. The minimum Gasteiger partial charge on any atom is -0.333 e. The number of thiazole rings is 1. The smallest absolute Gasteiger partial charge is 0.322 e. The van der Waals surface area contributed by atoms with E-state index < -0.39 is 6.03 Å². The van der Waals surface area contributed by atoms with Crippen molar-refractivity contribution in [3.63, 3.8) is 0 Å². The Labute approximate surface area is 158 Å². The summed E-state index contributed by atoms with van der Waals surface area (Å²) in [5, 5.41) is 6.35. The molecule has 6 nitrogen and oxygen atoms in total. The van der Waals surface area contributed by atoms with Gasteiger partial charge in [0, 0.05) is 5.54 Å². The summed E-state index contributed by atoms with van der Waals surface area (Å²) in [5.74, 6) is 0.152. The molecule has 1 saturated heterocycles. The van der Waals surface area contributed by atoms with E-state index in [0.29, 0.717) is 12.5 Å². The van der Waals surface area contributed by atoms with E-state index in [-0.39, 0.29) is 11.4 Å². The van der Waals surface area contributed by atoms with Crippen LogP contribution in [0.1, 0.15) is 44.5 Å². The van der Waals surface area contributed by atoms with Crippen molar-refractivity contribution in [3.05, 3.63) is 29.3 Å². The lowest BCUT2D eigenvalue weighted by Gasteiger charge is -2.28. The van der Waals surface area contributed by atoms with Crippen molar-refractivity contribution in [1.82, 2.24) is 15.6 Å². The number of likely N-dealkylation sites (tertiary alicyclic amines) is 1. The first-order chi connectivity index (χ1) is 12.3. The van der Waals surface area contributed by atoms with Crippen molar-refractivity contribution in [2.24, 2.45) is 0 Å². The number of rotatable bonds is 3. The molecule has 0 spiro atoms. The fraction of sp³-hybridized carbons (Fsp3) is 0.526. The van der Waals surface area contributed by atoms with Crippen LogP contribution in [0.5, 0.6) is 0 Å². The van der Waals surface area contributed by atoms with Crippen LogP contribution in [-0.4, -0.2) is 42.1 Å². The number of carbonyl (C=O) groups is 2. The van der Waals surface area contributed by atoms with Crippen LogP contribution < -0.4 is 15.5 Å². The lowest BCUT2D eigenvalue weighted by Crippen LogP contribution is -3.14. The second-order valence-electron chi connectivity index (χ2n) is 7.99. The normalized spacial score (nSPS) is 20.7. The van der Waals surface area contributed by atoms with Gasteiger partial charge in [-0.05, 0) is 45.7 Å². The summed E-state index contributed by atoms with van der Waals surface area (Å²) in [6.45, 7) is 7.81. The third-order valence-electron chi connectivity index (χ3n) is 4.43. The molecule has 1 aliphatic heterocycles. The molecule has 3 rings (SSSR count). The molecule has 140 valence electrons. The van der Waals surface area contributed by atoms with Crippen LogP contribution in [0.25, 0.3) is 10.2 Å². The Morgan fingerprint density at radius 1 is 1.31 bits per heavy atom. The minimum atomic E-state index is -0.429. The predicted octanol–water partition coefficient (Wildman–Crippen LogP) is 1.68. The fourth-order valence-electron chi connectivity index (χ4n) is 3.36. The number of amides is 3. The third-order valence-corrected chi connectivity index (χ3v) is 5.63. The largest absolute Gasteiger partial charge is 0.333 e. The van der Waals surface area contributed by atoms with Crippen molar-refractivity contribution < 1.29 is 14.5 Å².